The maximum atomic E-state index is 15.0. The highest BCUT2D eigenvalue weighted by Crippen LogP contribution is 2.23. The highest BCUT2D eigenvalue weighted by atomic mass is 16.5. The van der Waals surface area contributed by atoms with Crippen molar-refractivity contribution in [2.45, 2.75) is 261 Å². The Hall–Kier alpha value is -8.50. The molecule has 14 N–H and O–H groups in total. The summed E-state index contributed by atoms with van der Waals surface area (Å²) in [6.45, 7) is 30.3. The van der Waals surface area contributed by atoms with Gasteiger partial charge in [0.2, 0.25) is 70.9 Å². The van der Waals surface area contributed by atoms with Crippen LogP contribution in [0.25, 0.3) is 0 Å². The van der Waals surface area contributed by atoms with Gasteiger partial charge in [0.05, 0.1) is 6.54 Å². The molecule has 0 aliphatic carbocycles. The summed E-state index contributed by atoms with van der Waals surface area (Å²) < 4.78 is 5.96. The molecule has 0 radical (unpaired) electrons. The molecule has 0 saturated carbocycles. The Morgan fingerprint density at radius 1 is 0.618 bits per heavy atom. The van der Waals surface area contributed by atoms with E-state index in [1.165, 1.54) is 24.8 Å². The van der Waals surface area contributed by atoms with Crippen LogP contribution in [0.1, 0.15) is 188 Å². The van der Waals surface area contributed by atoms with Crippen molar-refractivity contribution in [3.63, 3.8) is 0 Å². The van der Waals surface area contributed by atoms with Crippen LogP contribution in [0.2, 0.25) is 0 Å². The lowest BCUT2D eigenvalue weighted by Crippen LogP contribution is -2.64. The van der Waals surface area contributed by atoms with Gasteiger partial charge in [-0.1, -0.05) is 166 Å². The maximum Gasteiger partial charge on any atom is 0.329 e. The number of hydrogen-bond donors (Lipinski definition) is 13. The van der Waals surface area contributed by atoms with E-state index in [-0.39, 0.29) is 69.1 Å². The predicted molar refractivity (Wildman–Crippen MR) is 385 cm³/mol. The number of carbonyl (C=O) groups is 14. The van der Waals surface area contributed by atoms with Crippen LogP contribution < -0.4 is 69.5 Å². The second kappa shape index (κ2) is 42.8. The molecule has 29 nitrogen and oxygen atoms in total. The average molecular weight is 1430 g/mol. The van der Waals surface area contributed by atoms with Gasteiger partial charge < -0.3 is 79.2 Å². The molecule has 1 aromatic rings. The van der Waals surface area contributed by atoms with Crippen LogP contribution in [0, 0.1) is 47.3 Å². The van der Waals surface area contributed by atoms with Crippen molar-refractivity contribution in [1.82, 2.24) is 68.7 Å². The van der Waals surface area contributed by atoms with E-state index < -0.39 is 191 Å². The molecule has 0 bridgehead atoms. The lowest BCUT2D eigenvalue weighted by atomic mass is 9.95. The number of allylic oxidation sites excluding steroid dienone is 1. The number of carbonyl (C=O) groups excluding carboxylic acids is 14. The Labute approximate surface area is 602 Å². The van der Waals surface area contributed by atoms with Crippen LogP contribution in [0.15, 0.2) is 42.1 Å². The lowest BCUT2D eigenvalue weighted by molar-refractivity contribution is -0.157. The van der Waals surface area contributed by atoms with Gasteiger partial charge in [-0.05, 0) is 105 Å². The number of hydrogen-bond acceptors (Lipinski definition) is 16. The molecule has 572 valence electrons. The second-order valence-electron chi connectivity index (χ2n) is 29.2. The van der Waals surface area contributed by atoms with E-state index in [1.54, 1.807) is 127 Å². The van der Waals surface area contributed by atoms with Crippen LogP contribution in [-0.4, -0.2) is 180 Å². The molecule has 2 saturated heterocycles. The highest BCUT2D eigenvalue weighted by molar-refractivity contribution is 6.03. The molecule has 2 aliphatic heterocycles. The number of nitrogens with one attached hydrogen (secondary N) is 12. The van der Waals surface area contributed by atoms with E-state index in [2.05, 4.69) is 77.6 Å². The van der Waals surface area contributed by atoms with E-state index in [0.717, 1.165) is 6.42 Å². The van der Waals surface area contributed by atoms with E-state index in [4.69, 9.17) is 10.5 Å². The Morgan fingerprint density at radius 2 is 1.20 bits per heavy atom. The standard InChI is InChI=1S/C73H120N14O15/c1-19-44(16)59(70(98)86-61-46(18)102-73(101)58(43(14)15)83-62(90)48(21-3)76-64(92)50(36-47-29-23-22-24-30-47)78-67(95)56(41(10)11)81-69(97)60(45(17)20-2)85-71(61)99)84-63(91)49(31-26-34-74)77-65(93)51-32-27-35-87(51)72(100)57(42(12)13)82-68(96)55(40(8)9)80-53(89)37-75-66(94)54(39(6)7)79-52(88)33-25-28-38(4)5/h21-24,29-30,38-46,49-51,54-61H,19-20,25-28,31-37,74H2,1-18H3,(H,75,94)(H,76,92)(H,77,93)(H,78,95)(H,79,88)(H,80,89)(H,81,97)(H,82,96)(H,83,90)(H,84,91)(H,85,99)(H,86,98)/b48-21-/t44-,45-,46+,49-,50-,51+,54+,55-,56+,57+,58-,59+,60+,61+/m0/s1. The fraction of sp³-hybridized carbons (Fsp3) is 0.699. The zero-order valence-electron chi connectivity index (χ0n) is 63.4. The number of esters is 1. The first-order chi connectivity index (χ1) is 47.9. The minimum Gasteiger partial charge on any atom is -0.458 e. The number of benzene rings is 1. The summed E-state index contributed by atoms with van der Waals surface area (Å²) in [5, 5.41) is 32.5. The first-order valence-corrected chi connectivity index (χ1v) is 36.4. The van der Waals surface area contributed by atoms with Gasteiger partial charge in [-0.25, -0.2) is 4.79 Å². The molecule has 0 unspecified atom stereocenters. The third-order valence-corrected chi connectivity index (χ3v) is 18.6. The summed E-state index contributed by atoms with van der Waals surface area (Å²) >= 11 is 0. The van der Waals surface area contributed by atoms with E-state index in [9.17, 15) is 57.5 Å². The summed E-state index contributed by atoms with van der Waals surface area (Å²) in [6.07, 6.45) is 2.74. The summed E-state index contributed by atoms with van der Waals surface area (Å²) in [4.78, 5) is 200. The molecule has 14 atom stereocenters. The van der Waals surface area contributed by atoms with Crippen molar-refractivity contribution in [3.05, 3.63) is 47.7 Å². The maximum absolute atomic E-state index is 15.0. The Balaban J connectivity index is 1.97. The Morgan fingerprint density at radius 3 is 1.75 bits per heavy atom. The van der Waals surface area contributed by atoms with Gasteiger partial charge in [-0.2, -0.15) is 0 Å². The number of cyclic esters (lactones) is 1. The zero-order valence-corrected chi connectivity index (χ0v) is 63.4. The van der Waals surface area contributed by atoms with Crippen molar-refractivity contribution in [2.75, 3.05) is 19.6 Å². The Bertz CT molecular complexity index is 3070. The van der Waals surface area contributed by atoms with Crippen LogP contribution in [0.3, 0.4) is 0 Å². The van der Waals surface area contributed by atoms with Gasteiger partial charge in [0.25, 0.3) is 5.91 Å². The number of ether oxygens (including phenoxy) is 1. The van der Waals surface area contributed by atoms with Gasteiger partial charge in [-0.3, -0.25) is 62.3 Å². The van der Waals surface area contributed by atoms with Crippen molar-refractivity contribution in [3.8, 4) is 0 Å². The van der Waals surface area contributed by atoms with Crippen molar-refractivity contribution < 1.29 is 71.9 Å². The number of likely N-dealkylation sites (tertiary alicyclic amines) is 1. The smallest absolute Gasteiger partial charge is 0.329 e. The van der Waals surface area contributed by atoms with Crippen LogP contribution in [0.5, 0.6) is 0 Å². The molecule has 102 heavy (non-hydrogen) atoms. The van der Waals surface area contributed by atoms with Gasteiger partial charge in [-0.15, -0.1) is 0 Å². The molecule has 29 heteroatoms. The first kappa shape index (κ1) is 87.7. The third kappa shape index (κ3) is 27.0. The molecule has 2 aliphatic rings. The molecule has 13 amide bonds. The van der Waals surface area contributed by atoms with E-state index in [0.29, 0.717) is 30.7 Å². The number of nitrogens with two attached hydrogens (primary N) is 1. The fourth-order valence-electron chi connectivity index (χ4n) is 11.7. The van der Waals surface area contributed by atoms with Crippen LogP contribution in [-0.2, 0) is 78.3 Å². The van der Waals surface area contributed by atoms with Crippen molar-refractivity contribution in [2.24, 2.45) is 53.1 Å². The molecular formula is C73H120N14O15. The van der Waals surface area contributed by atoms with Crippen molar-refractivity contribution in [1.29, 1.82) is 0 Å². The molecule has 2 heterocycles. The van der Waals surface area contributed by atoms with Gasteiger partial charge in [0.15, 0.2) is 0 Å². The van der Waals surface area contributed by atoms with E-state index >= 15 is 9.59 Å². The molecule has 0 spiro atoms. The number of amides is 13. The monoisotopic (exact) mass is 1430 g/mol. The Kier molecular flexibility index (Phi) is 36.8. The summed E-state index contributed by atoms with van der Waals surface area (Å²) in [5.74, 6) is -14.2. The molecule has 1 aromatic carbocycles. The highest BCUT2D eigenvalue weighted by Gasteiger charge is 2.44. The second-order valence-corrected chi connectivity index (χ2v) is 29.2. The largest absolute Gasteiger partial charge is 0.458 e. The predicted octanol–water partition coefficient (Wildman–Crippen LogP) is 2.09. The van der Waals surface area contributed by atoms with Crippen molar-refractivity contribution >= 4 is 82.8 Å². The topological polar surface area (TPSA) is 422 Å². The van der Waals surface area contributed by atoms with E-state index in [1.807, 2.05) is 0 Å². The average Bonchev–Trinajstić information content (AvgIpc) is 1.52. The van der Waals surface area contributed by atoms with Crippen LogP contribution in [0.4, 0.5) is 0 Å². The minimum atomic E-state index is -1.81. The zero-order chi connectivity index (χ0) is 77.0. The van der Waals surface area contributed by atoms with Gasteiger partial charge >= 0.3 is 5.97 Å². The summed E-state index contributed by atoms with van der Waals surface area (Å²) in [6, 6.07) is -5.63. The first-order valence-electron chi connectivity index (χ1n) is 36.4. The summed E-state index contributed by atoms with van der Waals surface area (Å²) in [7, 11) is 0. The third-order valence-electron chi connectivity index (χ3n) is 18.6. The molecule has 0 aromatic heterocycles. The number of nitrogens with zero attached hydrogens (tertiary/aromatic N) is 1. The SMILES string of the molecule is C/C=C1\NC(=O)[C@H](Cc2ccccc2)NC(=O)[C@@H](C(C)C)NC(=O)[C@@H]([C@@H](C)CC)NC(=O)[C@H](NC(=O)[C@H](NC(=O)[C@H](CCCN)NC(=O)[C@H]2CCCN2C(=O)[C@H](NC(=O)[C@@H](NC(=O)CNC(=O)[C@H](NC(=O)CCCC(C)C)C(C)C)C(C)C)C(C)C)[C@@H](C)CC)[C@@H](C)OC(=O)[C@H](C(C)C)NC1=O. The quantitative estimate of drug-likeness (QED) is 0.0363. The fourth-order valence-corrected chi connectivity index (χ4v) is 11.7. The van der Waals surface area contributed by atoms with Crippen LogP contribution >= 0.6 is 0 Å². The lowest BCUT2D eigenvalue weighted by Gasteiger charge is -2.33. The molecule has 3 rings (SSSR count). The van der Waals surface area contributed by atoms with Gasteiger partial charge in [0, 0.05) is 19.4 Å². The molecular weight excluding hydrogens is 1310 g/mol. The van der Waals surface area contributed by atoms with Gasteiger partial charge in [0.1, 0.15) is 78.3 Å². The minimum absolute atomic E-state index is 0.0306. The number of rotatable bonds is 32. The summed E-state index contributed by atoms with van der Waals surface area (Å²) in [5.41, 5.74) is 6.34. The molecule has 2 fully saturated rings. The normalized spacial score (nSPS) is 22.2.